The summed E-state index contributed by atoms with van der Waals surface area (Å²) in [6.45, 7) is 2.58. The zero-order chi connectivity index (χ0) is 23.5. The number of benzene rings is 1. The molecule has 3 aromatic rings. The molecule has 0 spiro atoms. The number of nitrogen functional groups attached to an aromatic ring is 1. The van der Waals surface area contributed by atoms with Crippen LogP contribution in [-0.2, 0) is 11.3 Å². The van der Waals surface area contributed by atoms with Gasteiger partial charge in [0.25, 0.3) is 5.56 Å². The Morgan fingerprint density at radius 1 is 1.24 bits per heavy atom. The van der Waals surface area contributed by atoms with Crippen LogP contribution in [0.15, 0.2) is 47.4 Å². The monoisotopic (exact) mass is 467 g/mol. The molecule has 3 N–H and O–H groups in total. The fraction of sp³-hybridized carbons (Fsp3) is 0.333. The van der Waals surface area contributed by atoms with Gasteiger partial charge in [-0.25, -0.2) is 9.97 Å². The van der Waals surface area contributed by atoms with Crippen molar-refractivity contribution in [3.05, 3.63) is 69.4 Å². The summed E-state index contributed by atoms with van der Waals surface area (Å²) in [6.07, 6.45) is 4.49. The van der Waals surface area contributed by atoms with E-state index in [0.717, 1.165) is 42.1 Å². The number of anilines is 1. The second-order valence-corrected chi connectivity index (χ2v) is 8.66. The first-order valence-corrected chi connectivity index (χ1v) is 11.3. The molecular formula is C24H26ClN5O3. The normalized spacial score (nSPS) is 16.1. The predicted octanol–water partition coefficient (Wildman–Crippen LogP) is 3.70. The van der Waals surface area contributed by atoms with Crippen molar-refractivity contribution < 1.29 is 9.90 Å². The molecule has 1 aliphatic rings. The largest absolute Gasteiger partial charge is 0.508 e. The number of pyridine rings is 1. The van der Waals surface area contributed by atoms with Crippen LogP contribution in [0.5, 0.6) is 5.75 Å². The van der Waals surface area contributed by atoms with Crippen LogP contribution in [0.3, 0.4) is 0 Å². The Balaban J connectivity index is 1.62. The van der Waals surface area contributed by atoms with Crippen molar-refractivity contribution in [2.75, 3.05) is 12.3 Å². The third-order valence-electron chi connectivity index (χ3n) is 6.00. The minimum Gasteiger partial charge on any atom is -0.508 e. The van der Waals surface area contributed by atoms with Gasteiger partial charge in [0.1, 0.15) is 5.75 Å². The van der Waals surface area contributed by atoms with Crippen LogP contribution in [0.4, 0.5) is 5.95 Å². The number of carbonyl (C=O) groups excluding carboxylic acids is 1. The molecule has 9 heteroatoms. The van der Waals surface area contributed by atoms with Gasteiger partial charge in [-0.15, -0.1) is 0 Å². The minimum atomic E-state index is -0.330. The summed E-state index contributed by atoms with van der Waals surface area (Å²) in [5.74, 6) is 0.0255. The van der Waals surface area contributed by atoms with Crippen molar-refractivity contribution in [3.8, 4) is 16.9 Å². The number of rotatable bonds is 5. The number of nitrogens with two attached hydrogens (primary N) is 1. The zero-order valence-corrected chi connectivity index (χ0v) is 19.1. The zero-order valence-electron chi connectivity index (χ0n) is 18.4. The van der Waals surface area contributed by atoms with E-state index in [-0.39, 0.29) is 42.2 Å². The number of carbonyl (C=O) groups is 1. The molecule has 33 heavy (non-hydrogen) atoms. The Labute approximate surface area is 196 Å². The summed E-state index contributed by atoms with van der Waals surface area (Å²) in [4.78, 5) is 36.1. The molecule has 0 bridgehead atoms. The number of aromatic hydroxyl groups is 1. The van der Waals surface area contributed by atoms with Crippen molar-refractivity contribution in [2.24, 2.45) is 0 Å². The maximum absolute atomic E-state index is 13.3. The molecule has 3 heterocycles. The van der Waals surface area contributed by atoms with Gasteiger partial charge >= 0.3 is 0 Å². The summed E-state index contributed by atoms with van der Waals surface area (Å²) >= 11 is 6.05. The topological polar surface area (TPSA) is 114 Å². The number of piperidine rings is 1. The van der Waals surface area contributed by atoms with Crippen molar-refractivity contribution in [3.63, 3.8) is 0 Å². The number of hydrogen-bond acceptors (Lipinski definition) is 6. The van der Waals surface area contributed by atoms with Gasteiger partial charge in [-0.3, -0.25) is 9.59 Å². The van der Waals surface area contributed by atoms with E-state index in [9.17, 15) is 14.7 Å². The smallest absolute Gasteiger partial charge is 0.254 e. The first-order valence-electron chi connectivity index (χ1n) is 10.9. The lowest BCUT2D eigenvalue weighted by Gasteiger charge is -2.36. The number of likely N-dealkylation sites (tertiary alicyclic amines) is 1. The molecule has 0 radical (unpaired) electrons. The molecule has 4 rings (SSSR count). The van der Waals surface area contributed by atoms with Gasteiger partial charge in [-0.1, -0.05) is 23.7 Å². The van der Waals surface area contributed by atoms with Crippen molar-refractivity contribution in [2.45, 2.75) is 45.2 Å². The lowest BCUT2D eigenvalue weighted by Crippen LogP contribution is -2.40. The number of amides is 1. The third-order valence-corrected chi connectivity index (χ3v) is 6.25. The van der Waals surface area contributed by atoms with Gasteiger partial charge < -0.3 is 20.3 Å². The van der Waals surface area contributed by atoms with Crippen LogP contribution in [0.2, 0.25) is 5.02 Å². The fourth-order valence-electron chi connectivity index (χ4n) is 4.38. The minimum absolute atomic E-state index is 0.0571. The lowest BCUT2D eigenvalue weighted by atomic mass is 9.93. The average Bonchev–Trinajstić information content (AvgIpc) is 2.79. The Morgan fingerprint density at radius 2 is 2.00 bits per heavy atom. The Morgan fingerprint density at radius 3 is 2.73 bits per heavy atom. The predicted molar refractivity (Wildman–Crippen MR) is 127 cm³/mol. The molecule has 1 amide bonds. The molecule has 1 atom stereocenters. The molecule has 1 aromatic carbocycles. The highest BCUT2D eigenvalue weighted by Gasteiger charge is 2.31. The summed E-state index contributed by atoms with van der Waals surface area (Å²) in [6, 6.07) is 9.84. The maximum Gasteiger partial charge on any atom is 0.254 e. The summed E-state index contributed by atoms with van der Waals surface area (Å²) in [5.41, 5.74) is 8.65. The Kier molecular flexibility index (Phi) is 6.65. The Bertz CT molecular complexity index is 1230. The van der Waals surface area contributed by atoms with E-state index in [2.05, 4.69) is 9.97 Å². The van der Waals surface area contributed by atoms with E-state index in [1.54, 1.807) is 25.3 Å². The SMILES string of the molecule is Cc1cc(O)cc(=O)n1CCC(=O)N1CCCC[C@H]1c1nc(N)ncc1-c1ccc(Cl)cc1. The molecule has 0 aliphatic carbocycles. The molecular weight excluding hydrogens is 442 g/mol. The Hall–Kier alpha value is -3.39. The van der Waals surface area contributed by atoms with E-state index in [1.807, 2.05) is 17.0 Å². The molecule has 1 saturated heterocycles. The number of nitrogens with zero attached hydrogens (tertiary/aromatic N) is 4. The molecule has 0 saturated carbocycles. The van der Waals surface area contributed by atoms with Gasteiger partial charge in [0.15, 0.2) is 0 Å². The number of aryl methyl sites for hydroxylation is 1. The van der Waals surface area contributed by atoms with Crippen LogP contribution in [0, 0.1) is 6.92 Å². The van der Waals surface area contributed by atoms with Gasteiger partial charge in [0.2, 0.25) is 11.9 Å². The van der Waals surface area contributed by atoms with E-state index in [1.165, 1.54) is 10.6 Å². The molecule has 1 fully saturated rings. The van der Waals surface area contributed by atoms with Crippen LogP contribution in [0.25, 0.3) is 11.1 Å². The first kappa shape index (κ1) is 22.8. The van der Waals surface area contributed by atoms with E-state index < -0.39 is 0 Å². The van der Waals surface area contributed by atoms with Gasteiger partial charge in [0.05, 0.1) is 11.7 Å². The summed E-state index contributed by atoms with van der Waals surface area (Å²) in [7, 11) is 0. The van der Waals surface area contributed by atoms with Crippen LogP contribution in [-0.4, -0.2) is 37.0 Å². The molecule has 1 aliphatic heterocycles. The van der Waals surface area contributed by atoms with Crippen LogP contribution >= 0.6 is 11.6 Å². The van der Waals surface area contributed by atoms with Gasteiger partial charge in [-0.05, 0) is 49.9 Å². The second kappa shape index (κ2) is 9.62. The van der Waals surface area contributed by atoms with Crippen molar-refractivity contribution in [1.29, 1.82) is 0 Å². The highest BCUT2D eigenvalue weighted by Crippen LogP contribution is 2.36. The number of hydrogen-bond donors (Lipinski definition) is 2. The maximum atomic E-state index is 13.3. The summed E-state index contributed by atoms with van der Waals surface area (Å²) < 4.78 is 1.50. The number of halogens is 1. The van der Waals surface area contributed by atoms with E-state index >= 15 is 0 Å². The lowest BCUT2D eigenvalue weighted by molar-refractivity contribution is -0.135. The third kappa shape index (κ3) is 5.01. The standard InChI is InChI=1S/C24H26ClN5O3/c1-15-12-18(31)13-22(33)29(15)11-9-21(32)30-10-3-2-4-20(30)23-19(14-27-24(26)28-23)16-5-7-17(25)8-6-16/h5-8,12-14,20,31H,2-4,9-11H2,1H3,(H2,26,27,28)/t20-/m0/s1. The number of aromatic nitrogens is 3. The fourth-order valence-corrected chi connectivity index (χ4v) is 4.50. The van der Waals surface area contributed by atoms with Gasteiger partial charge in [-0.2, -0.15) is 0 Å². The quantitative estimate of drug-likeness (QED) is 0.591. The molecule has 172 valence electrons. The van der Waals surface area contributed by atoms with E-state index in [4.69, 9.17) is 17.3 Å². The van der Waals surface area contributed by atoms with E-state index in [0.29, 0.717) is 17.3 Å². The van der Waals surface area contributed by atoms with Crippen molar-refractivity contribution in [1.82, 2.24) is 19.4 Å². The highest BCUT2D eigenvalue weighted by molar-refractivity contribution is 6.30. The van der Waals surface area contributed by atoms with Gasteiger partial charge in [0, 0.05) is 48.1 Å². The molecule has 2 aromatic heterocycles. The summed E-state index contributed by atoms with van der Waals surface area (Å²) in [5, 5.41) is 10.2. The highest BCUT2D eigenvalue weighted by atomic mass is 35.5. The van der Waals surface area contributed by atoms with Crippen LogP contribution < -0.4 is 11.3 Å². The van der Waals surface area contributed by atoms with Crippen LogP contribution in [0.1, 0.15) is 43.1 Å². The second-order valence-electron chi connectivity index (χ2n) is 8.23. The van der Waals surface area contributed by atoms with Crippen molar-refractivity contribution >= 4 is 23.5 Å². The molecule has 0 unspecified atom stereocenters. The first-order chi connectivity index (χ1) is 15.8. The molecule has 8 nitrogen and oxygen atoms in total. The average molecular weight is 468 g/mol.